The summed E-state index contributed by atoms with van der Waals surface area (Å²) in [6.07, 6.45) is 2.46. The first-order valence-electron chi connectivity index (χ1n) is 6.14. The molecule has 0 atom stereocenters. The van der Waals surface area contributed by atoms with Gasteiger partial charge in [0.25, 0.3) is 0 Å². The van der Waals surface area contributed by atoms with Crippen molar-refractivity contribution >= 4 is 11.9 Å². The van der Waals surface area contributed by atoms with Gasteiger partial charge >= 0.3 is 5.97 Å². The predicted molar refractivity (Wildman–Crippen MR) is 72.2 cm³/mol. The lowest BCUT2D eigenvalue weighted by Gasteiger charge is -2.06. The first kappa shape index (κ1) is 14.8. The molecule has 19 heavy (non-hydrogen) atoms. The first-order valence-corrected chi connectivity index (χ1v) is 6.14. The number of ether oxygens (including phenoxy) is 1. The number of carbonyl (C=O) groups is 1. The van der Waals surface area contributed by atoms with E-state index in [2.05, 4.69) is 5.32 Å². The molecule has 1 aromatic carbocycles. The third-order valence-electron chi connectivity index (χ3n) is 2.49. The zero-order valence-electron chi connectivity index (χ0n) is 10.7. The molecule has 0 aliphatic rings. The Morgan fingerprint density at radius 2 is 2.05 bits per heavy atom. The summed E-state index contributed by atoms with van der Waals surface area (Å²) >= 11 is 0. The topological polar surface area (TPSA) is 108 Å². The minimum Gasteiger partial charge on any atom is -0.507 e. The molecule has 6 heteroatoms. The van der Waals surface area contributed by atoms with E-state index in [1.165, 1.54) is 12.1 Å². The minimum atomic E-state index is -0.514. The van der Waals surface area contributed by atoms with Gasteiger partial charge in [0.1, 0.15) is 11.3 Å². The Kier molecular flexibility index (Phi) is 6.21. The van der Waals surface area contributed by atoms with E-state index in [4.69, 9.17) is 15.9 Å². The summed E-state index contributed by atoms with van der Waals surface area (Å²) in [5.41, 5.74) is 5.31. The van der Waals surface area contributed by atoms with Crippen LogP contribution in [0.25, 0.3) is 0 Å². The summed E-state index contributed by atoms with van der Waals surface area (Å²) in [5, 5.41) is 19.1. The van der Waals surface area contributed by atoms with Gasteiger partial charge < -0.3 is 20.9 Å². The smallest absolute Gasteiger partial charge is 0.341 e. The van der Waals surface area contributed by atoms with Crippen molar-refractivity contribution in [2.24, 2.45) is 5.73 Å². The fourth-order valence-corrected chi connectivity index (χ4v) is 1.52. The van der Waals surface area contributed by atoms with Crippen LogP contribution in [0.5, 0.6) is 5.75 Å². The zero-order chi connectivity index (χ0) is 14.1. The highest BCUT2D eigenvalue weighted by Gasteiger charge is 2.10. The lowest BCUT2D eigenvalue weighted by molar-refractivity contribution is 0.0494. The van der Waals surface area contributed by atoms with Crippen LogP contribution in [0.15, 0.2) is 24.3 Å². The Morgan fingerprint density at radius 3 is 2.74 bits per heavy atom. The number of aromatic hydroxyl groups is 1. The lowest BCUT2D eigenvalue weighted by Crippen LogP contribution is -2.30. The number of phenolic OH excluding ortho intramolecular Hbond substituents is 1. The normalized spacial score (nSPS) is 9.89. The molecule has 0 unspecified atom stereocenters. The molecule has 0 saturated carbocycles. The standard InChI is InChI=1S/C13H19N3O3/c14-13(15)16-8-4-1-5-9-19-12(18)10-6-2-3-7-11(10)17/h2-3,6-7,17H,1,4-5,8-9H2,(H4,14,15,16). The van der Waals surface area contributed by atoms with E-state index in [0.29, 0.717) is 13.2 Å². The first-order chi connectivity index (χ1) is 9.11. The quantitative estimate of drug-likeness (QED) is 0.256. The number of phenols is 1. The number of para-hydroxylation sites is 1. The van der Waals surface area contributed by atoms with Crippen molar-refractivity contribution in [1.82, 2.24) is 5.32 Å². The van der Waals surface area contributed by atoms with Crippen LogP contribution in [0.3, 0.4) is 0 Å². The largest absolute Gasteiger partial charge is 0.507 e. The molecular formula is C13H19N3O3. The number of nitrogens with one attached hydrogen (secondary N) is 2. The molecule has 0 aromatic heterocycles. The molecule has 0 fully saturated rings. The molecule has 0 saturated heterocycles. The number of hydrogen-bond acceptors (Lipinski definition) is 4. The maximum Gasteiger partial charge on any atom is 0.341 e. The average molecular weight is 265 g/mol. The fraction of sp³-hybridized carbons (Fsp3) is 0.385. The molecule has 6 nitrogen and oxygen atoms in total. The van der Waals surface area contributed by atoms with Crippen molar-refractivity contribution in [2.45, 2.75) is 19.3 Å². The molecular weight excluding hydrogens is 246 g/mol. The molecule has 1 rings (SSSR count). The van der Waals surface area contributed by atoms with Gasteiger partial charge in [0.2, 0.25) is 0 Å². The Bertz CT molecular complexity index is 435. The SMILES string of the molecule is N=C(N)NCCCCCOC(=O)c1ccccc1O. The molecule has 0 aliphatic carbocycles. The van der Waals surface area contributed by atoms with E-state index >= 15 is 0 Å². The second kappa shape index (κ2) is 7.97. The maximum absolute atomic E-state index is 11.6. The fourth-order valence-electron chi connectivity index (χ4n) is 1.52. The van der Waals surface area contributed by atoms with Gasteiger partial charge in [-0.1, -0.05) is 12.1 Å². The van der Waals surface area contributed by atoms with E-state index in [0.717, 1.165) is 19.3 Å². The van der Waals surface area contributed by atoms with Crippen LogP contribution >= 0.6 is 0 Å². The average Bonchev–Trinajstić information content (AvgIpc) is 2.37. The Hall–Kier alpha value is -2.24. The zero-order valence-corrected chi connectivity index (χ0v) is 10.7. The van der Waals surface area contributed by atoms with E-state index in [9.17, 15) is 9.90 Å². The summed E-state index contributed by atoms with van der Waals surface area (Å²) in [6.45, 7) is 0.954. The predicted octanol–water partition coefficient (Wildman–Crippen LogP) is 1.20. The molecule has 0 radical (unpaired) electrons. The summed E-state index contributed by atoms with van der Waals surface area (Å²) in [7, 11) is 0. The lowest BCUT2D eigenvalue weighted by atomic mass is 10.2. The molecule has 1 aromatic rings. The van der Waals surface area contributed by atoms with Crippen molar-refractivity contribution in [3.8, 4) is 5.75 Å². The van der Waals surface area contributed by atoms with Crippen LogP contribution in [0, 0.1) is 5.41 Å². The molecule has 5 N–H and O–H groups in total. The van der Waals surface area contributed by atoms with Gasteiger partial charge in [-0.15, -0.1) is 0 Å². The molecule has 0 bridgehead atoms. The highest BCUT2D eigenvalue weighted by molar-refractivity contribution is 5.92. The van der Waals surface area contributed by atoms with E-state index in [1.807, 2.05) is 0 Å². The molecule has 0 spiro atoms. The minimum absolute atomic E-state index is 0.0361. The monoisotopic (exact) mass is 265 g/mol. The Labute approximate surface area is 112 Å². The van der Waals surface area contributed by atoms with Crippen LogP contribution in [0.2, 0.25) is 0 Å². The Morgan fingerprint density at radius 1 is 1.32 bits per heavy atom. The van der Waals surface area contributed by atoms with Crippen molar-refractivity contribution in [3.63, 3.8) is 0 Å². The van der Waals surface area contributed by atoms with E-state index < -0.39 is 5.97 Å². The number of benzene rings is 1. The van der Waals surface area contributed by atoms with Crippen LogP contribution < -0.4 is 11.1 Å². The number of nitrogens with two attached hydrogens (primary N) is 1. The second-order valence-corrected chi connectivity index (χ2v) is 4.05. The van der Waals surface area contributed by atoms with Gasteiger partial charge in [-0.3, -0.25) is 5.41 Å². The highest BCUT2D eigenvalue weighted by atomic mass is 16.5. The Balaban J connectivity index is 2.15. The molecule has 0 heterocycles. The third kappa shape index (κ3) is 5.76. The number of unbranched alkanes of at least 4 members (excludes halogenated alkanes) is 2. The van der Waals surface area contributed by atoms with Crippen molar-refractivity contribution in [2.75, 3.05) is 13.2 Å². The van der Waals surface area contributed by atoms with Crippen molar-refractivity contribution in [1.29, 1.82) is 5.41 Å². The van der Waals surface area contributed by atoms with Crippen LogP contribution in [-0.2, 0) is 4.74 Å². The summed E-state index contributed by atoms with van der Waals surface area (Å²) in [4.78, 5) is 11.6. The van der Waals surface area contributed by atoms with Gasteiger partial charge in [-0.05, 0) is 31.4 Å². The number of guanidine groups is 1. The van der Waals surface area contributed by atoms with Crippen molar-refractivity contribution in [3.05, 3.63) is 29.8 Å². The number of rotatable bonds is 7. The number of hydrogen-bond donors (Lipinski definition) is 4. The van der Waals surface area contributed by atoms with Crippen LogP contribution in [0.4, 0.5) is 0 Å². The highest BCUT2D eigenvalue weighted by Crippen LogP contribution is 2.16. The third-order valence-corrected chi connectivity index (χ3v) is 2.49. The van der Waals surface area contributed by atoms with Gasteiger partial charge in [0, 0.05) is 6.54 Å². The molecule has 0 aliphatic heterocycles. The van der Waals surface area contributed by atoms with Gasteiger partial charge in [0.15, 0.2) is 5.96 Å². The summed E-state index contributed by atoms with van der Waals surface area (Å²) < 4.78 is 5.05. The van der Waals surface area contributed by atoms with Gasteiger partial charge in [-0.2, -0.15) is 0 Å². The maximum atomic E-state index is 11.6. The summed E-state index contributed by atoms with van der Waals surface area (Å²) in [6, 6.07) is 6.29. The van der Waals surface area contributed by atoms with Crippen LogP contribution in [-0.4, -0.2) is 30.2 Å². The van der Waals surface area contributed by atoms with Crippen molar-refractivity contribution < 1.29 is 14.6 Å². The molecule has 0 amide bonds. The number of esters is 1. The second-order valence-electron chi connectivity index (χ2n) is 4.05. The molecule has 104 valence electrons. The van der Waals surface area contributed by atoms with E-state index in [1.54, 1.807) is 12.1 Å². The number of carbonyl (C=O) groups excluding carboxylic acids is 1. The van der Waals surface area contributed by atoms with E-state index in [-0.39, 0.29) is 17.3 Å². The van der Waals surface area contributed by atoms with Crippen LogP contribution in [0.1, 0.15) is 29.6 Å². The van der Waals surface area contributed by atoms with Gasteiger partial charge in [0.05, 0.1) is 6.61 Å². The van der Waals surface area contributed by atoms with Gasteiger partial charge in [-0.25, -0.2) is 4.79 Å². The summed E-state index contributed by atoms with van der Waals surface area (Å²) in [5.74, 6) is -0.621.